The van der Waals surface area contributed by atoms with Crippen LogP contribution in [0.25, 0.3) is 0 Å². The number of carbonyl (C=O) groups excluding carboxylic acids is 1. The Labute approximate surface area is 207 Å². The number of ether oxygens (including phenoxy) is 2. The molecule has 0 unspecified atom stereocenters. The molecule has 3 rings (SSSR count). The molecule has 0 bridgehead atoms. The van der Waals surface area contributed by atoms with Crippen molar-refractivity contribution in [2.45, 2.75) is 33.4 Å². The number of nitrogens with one attached hydrogen (secondary N) is 1. The van der Waals surface area contributed by atoms with Gasteiger partial charge in [-0.2, -0.15) is 0 Å². The van der Waals surface area contributed by atoms with Crippen LogP contribution in [-0.2, 0) is 16.6 Å². The van der Waals surface area contributed by atoms with Crippen LogP contribution in [0.5, 0.6) is 11.5 Å². The number of anilines is 1. The first kappa shape index (κ1) is 26.1. The first-order chi connectivity index (χ1) is 16.5. The number of aryl methyl sites for hydroxylation is 2. The minimum atomic E-state index is -3.51. The van der Waals surface area contributed by atoms with Crippen molar-refractivity contribution in [2.24, 2.45) is 0 Å². The maximum atomic E-state index is 12.9. The van der Waals surface area contributed by atoms with Crippen LogP contribution < -0.4 is 19.1 Å². The smallest absolute Gasteiger partial charge is 0.251 e. The molecule has 0 aliphatic rings. The fourth-order valence-corrected chi connectivity index (χ4v) is 5.03. The molecule has 0 saturated carbocycles. The van der Waals surface area contributed by atoms with Gasteiger partial charge in [0.15, 0.2) is 0 Å². The van der Waals surface area contributed by atoms with E-state index >= 15 is 0 Å². The number of carbonyl (C=O) groups is 1. The Bertz CT molecular complexity index is 1280. The van der Waals surface area contributed by atoms with Gasteiger partial charge in [0, 0.05) is 11.1 Å². The first-order valence-corrected chi connectivity index (χ1v) is 13.1. The third kappa shape index (κ3) is 6.14. The molecule has 0 aliphatic carbocycles. The van der Waals surface area contributed by atoms with Crippen LogP contribution in [0, 0.1) is 13.8 Å². The quantitative estimate of drug-likeness (QED) is 0.461. The average molecular weight is 497 g/mol. The van der Waals surface area contributed by atoms with Gasteiger partial charge < -0.3 is 14.8 Å². The molecule has 3 aromatic rings. The van der Waals surface area contributed by atoms with Crippen LogP contribution in [-0.4, -0.2) is 34.8 Å². The lowest BCUT2D eigenvalue weighted by Crippen LogP contribution is -2.30. The number of sulfonamides is 1. The lowest BCUT2D eigenvalue weighted by molar-refractivity contribution is 0.0939. The SMILES string of the molecule is COc1ccc(OC)c([C@@H](C)NC(=O)c2ccc(CN(c3c(C)cccc3C)S(C)(=O)=O)cc2)c1. The molecule has 1 N–H and O–H groups in total. The van der Waals surface area contributed by atoms with E-state index in [1.54, 1.807) is 50.6 Å². The fourth-order valence-electron chi connectivity index (χ4n) is 4.02. The van der Waals surface area contributed by atoms with Gasteiger partial charge in [-0.05, 0) is 67.8 Å². The number of amides is 1. The Hall–Kier alpha value is -3.52. The molecule has 0 heterocycles. The van der Waals surface area contributed by atoms with E-state index in [0.29, 0.717) is 22.7 Å². The molecule has 7 nitrogen and oxygen atoms in total. The number of para-hydroxylation sites is 1. The Morgan fingerprint density at radius 1 is 0.971 bits per heavy atom. The third-order valence-electron chi connectivity index (χ3n) is 5.88. The van der Waals surface area contributed by atoms with E-state index in [4.69, 9.17) is 9.47 Å². The summed E-state index contributed by atoms with van der Waals surface area (Å²) in [5, 5.41) is 2.98. The zero-order chi connectivity index (χ0) is 25.8. The van der Waals surface area contributed by atoms with Crippen LogP contribution in [0.2, 0.25) is 0 Å². The highest BCUT2D eigenvalue weighted by molar-refractivity contribution is 7.92. The minimum Gasteiger partial charge on any atom is -0.497 e. The summed E-state index contributed by atoms with van der Waals surface area (Å²) in [6.45, 7) is 5.83. The molecule has 0 aliphatic heterocycles. The van der Waals surface area contributed by atoms with Crippen LogP contribution in [0.4, 0.5) is 5.69 Å². The summed E-state index contributed by atoms with van der Waals surface area (Å²) in [5.74, 6) is 1.08. The number of nitrogens with zero attached hydrogens (tertiary/aromatic N) is 1. The molecule has 0 aromatic heterocycles. The Morgan fingerprint density at radius 3 is 2.14 bits per heavy atom. The fraction of sp³-hybridized carbons (Fsp3) is 0.296. The van der Waals surface area contributed by atoms with Crippen molar-refractivity contribution in [1.29, 1.82) is 0 Å². The van der Waals surface area contributed by atoms with Gasteiger partial charge in [0.25, 0.3) is 5.91 Å². The predicted molar refractivity (Wildman–Crippen MR) is 139 cm³/mol. The molecule has 0 radical (unpaired) electrons. The maximum Gasteiger partial charge on any atom is 0.251 e. The number of hydrogen-bond acceptors (Lipinski definition) is 5. The Balaban J connectivity index is 1.79. The van der Waals surface area contributed by atoms with Gasteiger partial charge in [-0.1, -0.05) is 30.3 Å². The maximum absolute atomic E-state index is 12.9. The normalized spacial score (nSPS) is 12.1. The molecule has 186 valence electrons. The summed E-state index contributed by atoms with van der Waals surface area (Å²) in [5.41, 5.74) is 4.49. The number of hydrogen-bond donors (Lipinski definition) is 1. The number of methoxy groups -OCH3 is 2. The highest BCUT2D eigenvalue weighted by Crippen LogP contribution is 2.30. The van der Waals surface area contributed by atoms with E-state index in [1.165, 1.54) is 10.6 Å². The minimum absolute atomic E-state index is 0.170. The lowest BCUT2D eigenvalue weighted by atomic mass is 10.1. The second-order valence-electron chi connectivity index (χ2n) is 8.51. The average Bonchev–Trinajstić information content (AvgIpc) is 2.82. The van der Waals surface area contributed by atoms with E-state index in [2.05, 4.69) is 5.32 Å². The van der Waals surface area contributed by atoms with E-state index in [9.17, 15) is 13.2 Å². The van der Waals surface area contributed by atoms with Crippen molar-refractivity contribution in [3.05, 3.63) is 88.5 Å². The van der Waals surface area contributed by atoms with Crippen LogP contribution in [0.3, 0.4) is 0 Å². The molecule has 8 heteroatoms. The van der Waals surface area contributed by atoms with Gasteiger partial charge in [-0.15, -0.1) is 0 Å². The predicted octanol–water partition coefficient (Wildman–Crippen LogP) is 4.78. The monoisotopic (exact) mass is 496 g/mol. The van der Waals surface area contributed by atoms with Gasteiger partial charge in [0.05, 0.1) is 38.7 Å². The second kappa shape index (κ2) is 10.8. The molecule has 1 amide bonds. The largest absolute Gasteiger partial charge is 0.497 e. The van der Waals surface area contributed by atoms with Crippen molar-refractivity contribution < 1.29 is 22.7 Å². The highest BCUT2D eigenvalue weighted by atomic mass is 32.2. The summed E-state index contributed by atoms with van der Waals surface area (Å²) in [7, 11) is -0.349. The van der Waals surface area contributed by atoms with Crippen LogP contribution in [0.1, 0.15) is 45.6 Å². The standard InChI is InChI=1S/C27H32N2O5S/c1-18-8-7-9-19(2)26(18)29(35(6,31)32)17-21-10-12-22(13-11-21)27(30)28-20(3)24-16-23(33-4)14-15-25(24)34-5/h7-16,20H,17H2,1-6H3,(H,28,30)/t20-/m1/s1. The summed E-state index contributed by atoms with van der Waals surface area (Å²) in [4.78, 5) is 12.9. The molecule has 3 aromatic carbocycles. The van der Waals surface area contributed by atoms with Gasteiger partial charge >= 0.3 is 0 Å². The molecule has 1 atom stereocenters. The molecule has 0 spiro atoms. The molecule has 0 saturated heterocycles. The molecule has 0 fully saturated rings. The Morgan fingerprint density at radius 2 is 1.60 bits per heavy atom. The lowest BCUT2D eigenvalue weighted by Gasteiger charge is -2.26. The van der Waals surface area contributed by atoms with Gasteiger partial charge in [-0.3, -0.25) is 9.10 Å². The van der Waals surface area contributed by atoms with Gasteiger partial charge in [0.1, 0.15) is 11.5 Å². The zero-order valence-electron chi connectivity index (χ0n) is 21.0. The zero-order valence-corrected chi connectivity index (χ0v) is 21.8. The van der Waals surface area contributed by atoms with E-state index < -0.39 is 10.0 Å². The summed E-state index contributed by atoms with van der Waals surface area (Å²) in [6.07, 6.45) is 1.20. The van der Waals surface area contributed by atoms with Crippen molar-refractivity contribution in [1.82, 2.24) is 5.32 Å². The number of benzene rings is 3. The number of rotatable bonds is 9. The third-order valence-corrected chi connectivity index (χ3v) is 6.99. The molecular weight excluding hydrogens is 464 g/mol. The second-order valence-corrected chi connectivity index (χ2v) is 10.4. The Kier molecular flexibility index (Phi) is 8.07. The molecule has 35 heavy (non-hydrogen) atoms. The van der Waals surface area contributed by atoms with E-state index in [1.807, 2.05) is 45.0 Å². The van der Waals surface area contributed by atoms with Crippen molar-refractivity contribution in [3.63, 3.8) is 0 Å². The highest BCUT2D eigenvalue weighted by Gasteiger charge is 2.22. The van der Waals surface area contributed by atoms with E-state index in [0.717, 1.165) is 22.3 Å². The first-order valence-electron chi connectivity index (χ1n) is 11.2. The van der Waals surface area contributed by atoms with Crippen molar-refractivity contribution in [3.8, 4) is 11.5 Å². The van der Waals surface area contributed by atoms with Crippen molar-refractivity contribution >= 4 is 21.6 Å². The summed E-state index contributed by atoms with van der Waals surface area (Å²) < 4.78 is 37.4. The van der Waals surface area contributed by atoms with Gasteiger partial charge in [-0.25, -0.2) is 8.42 Å². The summed E-state index contributed by atoms with van der Waals surface area (Å²) in [6, 6.07) is 17.8. The topological polar surface area (TPSA) is 84.9 Å². The van der Waals surface area contributed by atoms with E-state index in [-0.39, 0.29) is 18.5 Å². The molecular formula is C27H32N2O5S. The van der Waals surface area contributed by atoms with Crippen molar-refractivity contribution in [2.75, 3.05) is 24.8 Å². The van der Waals surface area contributed by atoms with Crippen LogP contribution in [0.15, 0.2) is 60.7 Å². The van der Waals surface area contributed by atoms with Gasteiger partial charge in [0.2, 0.25) is 10.0 Å². The van der Waals surface area contributed by atoms with Crippen LogP contribution >= 0.6 is 0 Å². The summed E-state index contributed by atoms with van der Waals surface area (Å²) >= 11 is 0.